The standard InChI is InChI=1S/C19H22Cl2N2O/c1-12(2)15-6-4-5-7-18(15)23-19(24)11-22-13(3)16-9-8-14(20)10-17(16)21/h4-10,12-13,22H,11H2,1-3H3,(H,23,24)/p+1/t13-/m1/s1. The molecular formula is C19H23Cl2N2O+. The highest BCUT2D eigenvalue weighted by molar-refractivity contribution is 6.35. The second kappa shape index (κ2) is 8.52. The van der Waals surface area contributed by atoms with Crippen molar-refractivity contribution in [3.8, 4) is 0 Å². The molecule has 0 fully saturated rings. The summed E-state index contributed by atoms with van der Waals surface area (Å²) >= 11 is 12.1. The number of nitrogens with two attached hydrogens (primary N) is 1. The Morgan fingerprint density at radius 3 is 2.46 bits per heavy atom. The predicted octanol–water partition coefficient (Wildman–Crippen LogP) is 4.38. The van der Waals surface area contributed by atoms with Crippen molar-refractivity contribution in [1.29, 1.82) is 0 Å². The van der Waals surface area contributed by atoms with Crippen LogP contribution < -0.4 is 10.6 Å². The number of hydrogen-bond donors (Lipinski definition) is 2. The van der Waals surface area contributed by atoms with Crippen LogP contribution in [0.15, 0.2) is 42.5 Å². The van der Waals surface area contributed by atoms with Gasteiger partial charge >= 0.3 is 0 Å². The molecule has 5 heteroatoms. The maximum atomic E-state index is 12.3. The maximum absolute atomic E-state index is 12.3. The van der Waals surface area contributed by atoms with E-state index < -0.39 is 0 Å². The van der Waals surface area contributed by atoms with Gasteiger partial charge in [-0.25, -0.2) is 0 Å². The number of carbonyl (C=O) groups is 1. The number of halogens is 2. The minimum absolute atomic E-state index is 0.0277. The zero-order chi connectivity index (χ0) is 17.7. The number of nitrogens with one attached hydrogen (secondary N) is 1. The molecule has 0 bridgehead atoms. The lowest BCUT2D eigenvalue weighted by Crippen LogP contribution is -2.86. The van der Waals surface area contributed by atoms with Gasteiger partial charge in [-0.05, 0) is 36.6 Å². The van der Waals surface area contributed by atoms with E-state index in [0.717, 1.165) is 16.8 Å². The number of carbonyl (C=O) groups excluding carboxylic acids is 1. The molecule has 0 saturated carbocycles. The molecule has 0 saturated heterocycles. The minimum atomic E-state index is -0.0277. The molecule has 0 aromatic heterocycles. The fraction of sp³-hybridized carbons (Fsp3) is 0.316. The summed E-state index contributed by atoms with van der Waals surface area (Å²) in [4.78, 5) is 12.3. The monoisotopic (exact) mass is 365 g/mol. The number of quaternary nitrogens is 1. The fourth-order valence-corrected chi connectivity index (χ4v) is 3.18. The minimum Gasteiger partial charge on any atom is -0.332 e. The van der Waals surface area contributed by atoms with Gasteiger partial charge in [-0.1, -0.05) is 61.3 Å². The van der Waals surface area contributed by atoms with Crippen LogP contribution in [0.25, 0.3) is 0 Å². The molecule has 1 amide bonds. The average Bonchev–Trinajstić information content (AvgIpc) is 2.53. The van der Waals surface area contributed by atoms with Gasteiger partial charge in [0.2, 0.25) is 0 Å². The van der Waals surface area contributed by atoms with Crippen LogP contribution in [-0.4, -0.2) is 12.5 Å². The first-order valence-corrected chi connectivity index (χ1v) is 8.81. The van der Waals surface area contributed by atoms with Crippen LogP contribution in [0, 0.1) is 0 Å². The van der Waals surface area contributed by atoms with Crippen molar-refractivity contribution in [3.63, 3.8) is 0 Å². The van der Waals surface area contributed by atoms with Crippen LogP contribution in [-0.2, 0) is 4.79 Å². The summed E-state index contributed by atoms with van der Waals surface area (Å²) in [5, 5.41) is 6.19. The van der Waals surface area contributed by atoms with Crippen LogP contribution in [0.2, 0.25) is 10.0 Å². The molecule has 1 atom stereocenters. The van der Waals surface area contributed by atoms with E-state index in [9.17, 15) is 4.79 Å². The van der Waals surface area contributed by atoms with E-state index in [0.29, 0.717) is 22.5 Å². The van der Waals surface area contributed by atoms with E-state index in [1.807, 2.05) is 48.6 Å². The number of amides is 1. The molecule has 0 spiro atoms. The quantitative estimate of drug-likeness (QED) is 0.783. The van der Waals surface area contributed by atoms with Crippen LogP contribution in [0.4, 0.5) is 5.69 Å². The lowest BCUT2D eigenvalue weighted by Gasteiger charge is -2.15. The van der Waals surface area contributed by atoms with Crippen molar-refractivity contribution in [1.82, 2.24) is 0 Å². The van der Waals surface area contributed by atoms with Gasteiger partial charge in [0.1, 0.15) is 6.04 Å². The normalized spacial score (nSPS) is 12.2. The van der Waals surface area contributed by atoms with Gasteiger partial charge in [0.25, 0.3) is 5.91 Å². The molecule has 0 aliphatic heterocycles. The lowest BCUT2D eigenvalue weighted by molar-refractivity contribution is -0.682. The molecule has 0 aliphatic rings. The SMILES string of the molecule is CC(C)c1ccccc1NC(=O)C[NH2+][C@H](C)c1ccc(Cl)cc1Cl. The third-order valence-electron chi connectivity index (χ3n) is 3.97. The highest BCUT2D eigenvalue weighted by Crippen LogP contribution is 2.25. The molecule has 0 heterocycles. The van der Waals surface area contributed by atoms with Crippen molar-refractivity contribution < 1.29 is 10.1 Å². The van der Waals surface area contributed by atoms with Crippen LogP contribution >= 0.6 is 23.2 Å². The van der Waals surface area contributed by atoms with Gasteiger partial charge in [-0.3, -0.25) is 4.79 Å². The molecule has 24 heavy (non-hydrogen) atoms. The Hall–Kier alpha value is -1.55. The molecule has 0 radical (unpaired) electrons. The predicted molar refractivity (Wildman–Crippen MR) is 101 cm³/mol. The molecule has 128 valence electrons. The zero-order valence-corrected chi connectivity index (χ0v) is 15.7. The van der Waals surface area contributed by atoms with Gasteiger partial charge in [-0.15, -0.1) is 0 Å². The van der Waals surface area contributed by atoms with Gasteiger partial charge in [-0.2, -0.15) is 0 Å². The first-order valence-electron chi connectivity index (χ1n) is 8.05. The molecule has 2 rings (SSSR count). The van der Waals surface area contributed by atoms with E-state index in [1.54, 1.807) is 6.07 Å². The Kier molecular flexibility index (Phi) is 6.67. The van der Waals surface area contributed by atoms with Crippen molar-refractivity contribution in [2.75, 3.05) is 11.9 Å². The van der Waals surface area contributed by atoms with Gasteiger partial charge in [0, 0.05) is 16.3 Å². The van der Waals surface area contributed by atoms with E-state index in [1.165, 1.54) is 0 Å². The third kappa shape index (κ3) is 4.97. The summed E-state index contributed by atoms with van der Waals surface area (Å²) in [6.07, 6.45) is 0. The number of benzene rings is 2. The smallest absolute Gasteiger partial charge is 0.279 e. The summed E-state index contributed by atoms with van der Waals surface area (Å²) in [6, 6.07) is 13.4. The number of hydrogen-bond acceptors (Lipinski definition) is 1. The fourth-order valence-electron chi connectivity index (χ4n) is 2.60. The number of rotatable bonds is 6. The Bertz CT molecular complexity index is 716. The van der Waals surface area contributed by atoms with Gasteiger partial charge in [0.05, 0.1) is 5.02 Å². The Morgan fingerprint density at radius 1 is 1.08 bits per heavy atom. The highest BCUT2D eigenvalue weighted by atomic mass is 35.5. The highest BCUT2D eigenvalue weighted by Gasteiger charge is 2.16. The Balaban J connectivity index is 1.96. The summed E-state index contributed by atoms with van der Waals surface area (Å²) in [6.45, 7) is 6.57. The molecule has 0 unspecified atom stereocenters. The molecule has 0 aliphatic carbocycles. The molecule has 3 N–H and O–H groups in total. The van der Waals surface area contributed by atoms with Crippen molar-refractivity contribution in [2.24, 2.45) is 0 Å². The van der Waals surface area contributed by atoms with Crippen molar-refractivity contribution >= 4 is 34.8 Å². The summed E-state index contributed by atoms with van der Waals surface area (Å²) in [5.41, 5.74) is 2.99. The summed E-state index contributed by atoms with van der Waals surface area (Å²) in [5.74, 6) is 0.331. The van der Waals surface area contributed by atoms with Crippen LogP contribution in [0.5, 0.6) is 0 Å². The van der Waals surface area contributed by atoms with Crippen LogP contribution in [0.1, 0.15) is 43.9 Å². The van der Waals surface area contributed by atoms with E-state index in [4.69, 9.17) is 23.2 Å². The molecule has 2 aromatic rings. The summed E-state index contributed by atoms with van der Waals surface area (Å²) < 4.78 is 0. The van der Waals surface area contributed by atoms with E-state index in [-0.39, 0.29) is 11.9 Å². The zero-order valence-electron chi connectivity index (χ0n) is 14.1. The van der Waals surface area contributed by atoms with Gasteiger partial charge < -0.3 is 10.6 Å². The molecular weight excluding hydrogens is 343 g/mol. The van der Waals surface area contributed by atoms with E-state index >= 15 is 0 Å². The van der Waals surface area contributed by atoms with Gasteiger partial charge in [0.15, 0.2) is 6.54 Å². The number of para-hydroxylation sites is 1. The first kappa shape index (κ1) is 18.8. The van der Waals surface area contributed by atoms with Crippen LogP contribution in [0.3, 0.4) is 0 Å². The Labute approximate surface area is 153 Å². The second-order valence-corrected chi connectivity index (χ2v) is 7.03. The third-order valence-corrected chi connectivity index (χ3v) is 4.53. The van der Waals surface area contributed by atoms with Crippen molar-refractivity contribution in [2.45, 2.75) is 32.7 Å². The Morgan fingerprint density at radius 2 is 1.79 bits per heavy atom. The summed E-state index contributed by atoms with van der Waals surface area (Å²) in [7, 11) is 0. The average molecular weight is 366 g/mol. The van der Waals surface area contributed by atoms with E-state index in [2.05, 4.69) is 19.2 Å². The maximum Gasteiger partial charge on any atom is 0.279 e. The largest absolute Gasteiger partial charge is 0.332 e. The molecule has 2 aromatic carbocycles. The first-order chi connectivity index (χ1) is 11.4. The number of anilines is 1. The lowest BCUT2D eigenvalue weighted by atomic mass is 10.0. The second-order valence-electron chi connectivity index (χ2n) is 6.18. The molecule has 3 nitrogen and oxygen atoms in total. The van der Waals surface area contributed by atoms with Crippen molar-refractivity contribution in [3.05, 3.63) is 63.6 Å². The topological polar surface area (TPSA) is 45.7 Å².